The van der Waals surface area contributed by atoms with Gasteiger partial charge in [-0.3, -0.25) is 0 Å². The maximum atomic E-state index is 5.82. The fourth-order valence-corrected chi connectivity index (χ4v) is 3.15. The Morgan fingerprint density at radius 2 is 2.21 bits per heavy atom. The Labute approximate surface area is 122 Å². The number of fused-ring (bicyclic) bond motifs is 1. The first-order valence-corrected chi connectivity index (χ1v) is 8.19. The Balaban J connectivity index is 1.72. The summed E-state index contributed by atoms with van der Waals surface area (Å²) >= 11 is 5.82. The number of halogens is 1. The third-order valence-electron chi connectivity index (χ3n) is 4.20. The molecule has 0 amide bonds. The van der Waals surface area contributed by atoms with E-state index in [1.165, 1.54) is 32.1 Å². The predicted molar refractivity (Wildman–Crippen MR) is 84.1 cm³/mol. The van der Waals surface area contributed by atoms with Crippen molar-refractivity contribution in [1.82, 2.24) is 5.32 Å². The molecule has 2 heteroatoms. The van der Waals surface area contributed by atoms with Gasteiger partial charge in [0.05, 0.1) is 0 Å². The highest BCUT2D eigenvalue weighted by Gasteiger charge is 2.18. The average Bonchev–Trinajstić information content (AvgIpc) is 2.46. The van der Waals surface area contributed by atoms with Crippen molar-refractivity contribution in [3.63, 3.8) is 0 Å². The summed E-state index contributed by atoms with van der Waals surface area (Å²) < 4.78 is 0. The first kappa shape index (κ1) is 14.9. The van der Waals surface area contributed by atoms with Crippen molar-refractivity contribution in [2.75, 3.05) is 19.0 Å². The SMILES string of the molecule is CC(CCl)CCCNCC1CCCc2ccccc21. The minimum atomic E-state index is 0.652. The van der Waals surface area contributed by atoms with Crippen molar-refractivity contribution in [1.29, 1.82) is 0 Å². The van der Waals surface area contributed by atoms with Crippen LogP contribution < -0.4 is 5.32 Å². The standard InChI is InChI=1S/C17H26ClN/c1-14(12-18)6-5-11-19-13-16-9-4-8-15-7-2-3-10-17(15)16/h2-3,7,10,14,16,19H,4-6,8-9,11-13H2,1H3. The fraction of sp³-hybridized carbons (Fsp3) is 0.647. The lowest BCUT2D eigenvalue weighted by atomic mass is 9.83. The first-order chi connectivity index (χ1) is 9.31. The molecule has 0 aromatic heterocycles. The summed E-state index contributed by atoms with van der Waals surface area (Å²) in [6.07, 6.45) is 6.41. The second-order valence-corrected chi connectivity index (χ2v) is 6.20. The third-order valence-corrected chi connectivity index (χ3v) is 4.73. The van der Waals surface area contributed by atoms with Crippen LogP contribution in [0.3, 0.4) is 0 Å². The van der Waals surface area contributed by atoms with Crippen molar-refractivity contribution in [2.24, 2.45) is 5.92 Å². The molecule has 0 spiro atoms. The maximum absolute atomic E-state index is 5.82. The largest absolute Gasteiger partial charge is 0.316 e. The molecule has 2 atom stereocenters. The van der Waals surface area contributed by atoms with Crippen LogP contribution in [-0.4, -0.2) is 19.0 Å². The third kappa shape index (κ3) is 4.50. The van der Waals surface area contributed by atoms with E-state index in [1.807, 2.05) is 0 Å². The van der Waals surface area contributed by atoms with E-state index in [9.17, 15) is 0 Å². The molecule has 19 heavy (non-hydrogen) atoms. The van der Waals surface area contributed by atoms with E-state index in [0.29, 0.717) is 5.92 Å². The van der Waals surface area contributed by atoms with Crippen LogP contribution in [0.5, 0.6) is 0 Å². The molecule has 0 heterocycles. The molecular weight excluding hydrogens is 254 g/mol. The molecule has 0 saturated carbocycles. The fourth-order valence-electron chi connectivity index (χ4n) is 3.00. The van der Waals surface area contributed by atoms with Crippen molar-refractivity contribution in [3.05, 3.63) is 35.4 Å². The summed E-state index contributed by atoms with van der Waals surface area (Å²) in [7, 11) is 0. The van der Waals surface area contributed by atoms with Crippen LogP contribution in [0.25, 0.3) is 0 Å². The van der Waals surface area contributed by atoms with E-state index in [4.69, 9.17) is 11.6 Å². The normalized spacial score (nSPS) is 20.0. The molecule has 0 aliphatic heterocycles. The highest BCUT2D eigenvalue weighted by atomic mass is 35.5. The summed E-state index contributed by atoms with van der Waals surface area (Å²) in [5, 5.41) is 3.63. The number of nitrogens with one attached hydrogen (secondary N) is 1. The zero-order valence-corrected chi connectivity index (χ0v) is 12.8. The monoisotopic (exact) mass is 279 g/mol. The average molecular weight is 280 g/mol. The lowest BCUT2D eigenvalue weighted by molar-refractivity contribution is 0.482. The van der Waals surface area contributed by atoms with Gasteiger partial charge in [-0.1, -0.05) is 31.2 Å². The van der Waals surface area contributed by atoms with Crippen LogP contribution in [0.2, 0.25) is 0 Å². The van der Waals surface area contributed by atoms with Gasteiger partial charge in [-0.05, 0) is 61.6 Å². The Kier molecular flexibility index (Phi) is 6.19. The van der Waals surface area contributed by atoms with Crippen LogP contribution in [0, 0.1) is 5.92 Å². The molecule has 0 bridgehead atoms. The molecule has 1 aliphatic rings. The van der Waals surface area contributed by atoms with Gasteiger partial charge in [0.25, 0.3) is 0 Å². The van der Waals surface area contributed by atoms with Crippen LogP contribution in [0.15, 0.2) is 24.3 Å². The number of hydrogen-bond acceptors (Lipinski definition) is 1. The van der Waals surface area contributed by atoms with Crippen molar-refractivity contribution in [2.45, 2.75) is 44.9 Å². The van der Waals surface area contributed by atoms with Crippen molar-refractivity contribution >= 4 is 11.6 Å². The quantitative estimate of drug-likeness (QED) is 0.578. The molecule has 106 valence electrons. The molecule has 1 aromatic rings. The van der Waals surface area contributed by atoms with E-state index in [0.717, 1.165) is 24.9 Å². The molecule has 0 fully saturated rings. The highest BCUT2D eigenvalue weighted by Crippen LogP contribution is 2.30. The summed E-state index contributed by atoms with van der Waals surface area (Å²) in [5.41, 5.74) is 3.15. The number of rotatable bonds is 7. The minimum absolute atomic E-state index is 0.652. The Morgan fingerprint density at radius 3 is 3.05 bits per heavy atom. The van der Waals surface area contributed by atoms with Gasteiger partial charge in [-0.15, -0.1) is 11.6 Å². The van der Waals surface area contributed by atoms with E-state index >= 15 is 0 Å². The number of benzene rings is 1. The maximum Gasteiger partial charge on any atom is 0.0249 e. The van der Waals surface area contributed by atoms with E-state index in [-0.39, 0.29) is 0 Å². The minimum Gasteiger partial charge on any atom is -0.316 e. The zero-order valence-electron chi connectivity index (χ0n) is 12.0. The highest BCUT2D eigenvalue weighted by molar-refractivity contribution is 6.18. The number of hydrogen-bond donors (Lipinski definition) is 1. The van der Waals surface area contributed by atoms with E-state index < -0.39 is 0 Å². The second-order valence-electron chi connectivity index (χ2n) is 5.89. The first-order valence-electron chi connectivity index (χ1n) is 7.65. The molecule has 1 nitrogen and oxygen atoms in total. The lowest BCUT2D eigenvalue weighted by Gasteiger charge is -2.25. The van der Waals surface area contributed by atoms with Crippen molar-refractivity contribution < 1.29 is 0 Å². The Bertz CT molecular complexity index is 377. The summed E-state index contributed by atoms with van der Waals surface area (Å²) in [5.74, 6) is 2.16. The Hall–Kier alpha value is -0.530. The number of aryl methyl sites for hydroxylation is 1. The van der Waals surface area contributed by atoms with Crippen LogP contribution in [0.4, 0.5) is 0 Å². The lowest BCUT2D eigenvalue weighted by Crippen LogP contribution is -2.25. The molecular formula is C17H26ClN. The smallest absolute Gasteiger partial charge is 0.0249 e. The van der Waals surface area contributed by atoms with Crippen LogP contribution >= 0.6 is 11.6 Å². The van der Waals surface area contributed by atoms with Crippen molar-refractivity contribution in [3.8, 4) is 0 Å². The van der Waals surface area contributed by atoms with Gasteiger partial charge in [0.2, 0.25) is 0 Å². The predicted octanol–water partition coefficient (Wildman–Crippen LogP) is 4.35. The summed E-state index contributed by atoms with van der Waals surface area (Å²) in [6, 6.07) is 8.96. The molecule has 1 aliphatic carbocycles. The van der Waals surface area contributed by atoms with Gasteiger partial charge < -0.3 is 5.32 Å². The van der Waals surface area contributed by atoms with Crippen LogP contribution in [-0.2, 0) is 6.42 Å². The van der Waals surface area contributed by atoms with Gasteiger partial charge in [-0.2, -0.15) is 0 Å². The molecule has 2 rings (SSSR count). The molecule has 1 aromatic carbocycles. The molecule has 1 N–H and O–H groups in total. The van der Waals surface area contributed by atoms with Gasteiger partial charge >= 0.3 is 0 Å². The zero-order chi connectivity index (χ0) is 13.5. The van der Waals surface area contributed by atoms with Gasteiger partial charge in [0.15, 0.2) is 0 Å². The van der Waals surface area contributed by atoms with Gasteiger partial charge in [0, 0.05) is 12.4 Å². The van der Waals surface area contributed by atoms with E-state index in [1.54, 1.807) is 11.1 Å². The topological polar surface area (TPSA) is 12.0 Å². The molecule has 2 unspecified atom stereocenters. The summed E-state index contributed by atoms with van der Waals surface area (Å²) in [4.78, 5) is 0. The van der Waals surface area contributed by atoms with Gasteiger partial charge in [-0.25, -0.2) is 0 Å². The molecule has 0 saturated heterocycles. The van der Waals surface area contributed by atoms with E-state index in [2.05, 4.69) is 36.5 Å². The van der Waals surface area contributed by atoms with Gasteiger partial charge in [0.1, 0.15) is 0 Å². The summed E-state index contributed by atoms with van der Waals surface area (Å²) in [6.45, 7) is 4.48. The molecule has 0 radical (unpaired) electrons. The number of alkyl halides is 1. The Morgan fingerprint density at radius 1 is 1.37 bits per heavy atom. The van der Waals surface area contributed by atoms with Crippen LogP contribution in [0.1, 0.15) is 49.7 Å². The second kappa shape index (κ2) is 7.91.